The number of hydrogen-bond acceptors (Lipinski definition) is 2. The van der Waals surface area contributed by atoms with Crippen molar-refractivity contribution < 1.29 is 0 Å². The SMILES string of the molecule is N#Cc1c(Cl)cncc1C1=CC=C(Cc2ccccc2)CC1. The maximum Gasteiger partial charge on any atom is 0.101 e. The number of halogens is 1. The average Bonchev–Trinajstić information content (AvgIpc) is 2.56. The third kappa shape index (κ3) is 3.10. The number of nitrogens with zero attached hydrogens (tertiary/aromatic N) is 2. The smallest absolute Gasteiger partial charge is 0.101 e. The van der Waals surface area contributed by atoms with Crippen LogP contribution in [0.2, 0.25) is 5.02 Å². The maximum absolute atomic E-state index is 9.27. The molecule has 3 rings (SSSR count). The Hall–Kier alpha value is -2.37. The van der Waals surface area contributed by atoms with Gasteiger partial charge in [-0.1, -0.05) is 59.7 Å². The Kier molecular flexibility index (Phi) is 4.37. The first-order valence-corrected chi connectivity index (χ1v) is 7.62. The summed E-state index contributed by atoms with van der Waals surface area (Å²) >= 11 is 6.06. The minimum atomic E-state index is 0.417. The molecule has 1 aromatic heterocycles. The Balaban J connectivity index is 1.84. The molecule has 0 N–H and O–H groups in total. The van der Waals surface area contributed by atoms with Gasteiger partial charge in [-0.05, 0) is 30.4 Å². The van der Waals surface area contributed by atoms with Crippen LogP contribution in [-0.4, -0.2) is 4.98 Å². The molecule has 0 saturated carbocycles. The molecule has 0 radical (unpaired) electrons. The summed E-state index contributed by atoms with van der Waals surface area (Å²) in [4.78, 5) is 4.11. The predicted molar refractivity (Wildman–Crippen MR) is 89.4 cm³/mol. The molecule has 0 atom stereocenters. The summed E-state index contributed by atoms with van der Waals surface area (Å²) in [5.74, 6) is 0. The molecule has 1 aromatic carbocycles. The molecule has 3 heteroatoms. The summed E-state index contributed by atoms with van der Waals surface area (Å²) in [5.41, 5.74) is 5.23. The van der Waals surface area contributed by atoms with Gasteiger partial charge in [0, 0.05) is 18.0 Å². The number of benzene rings is 1. The molecule has 1 aliphatic carbocycles. The first kappa shape index (κ1) is 14.6. The summed E-state index contributed by atoms with van der Waals surface area (Å²) in [6.45, 7) is 0. The quantitative estimate of drug-likeness (QED) is 0.804. The number of allylic oxidation sites excluding steroid dienone is 4. The molecule has 0 amide bonds. The summed E-state index contributed by atoms with van der Waals surface area (Å²) in [5, 5.41) is 9.69. The lowest BCUT2D eigenvalue weighted by atomic mass is 9.89. The van der Waals surface area contributed by atoms with E-state index in [1.54, 1.807) is 6.20 Å². The van der Waals surface area contributed by atoms with E-state index in [4.69, 9.17) is 11.6 Å². The standard InChI is InChI=1S/C19H15ClN2/c20-19-13-22-12-18(17(19)11-21)16-8-6-15(7-9-16)10-14-4-2-1-3-5-14/h1-6,8,12-13H,7,9-10H2. The highest BCUT2D eigenvalue weighted by Crippen LogP contribution is 2.31. The van der Waals surface area contributed by atoms with E-state index in [1.165, 1.54) is 17.3 Å². The van der Waals surface area contributed by atoms with Crippen molar-refractivity contribution >= 4 is 17.2 Å². The number of hydrogen-bond donors (Lipinski definition) is 0. The first-order valence-electron chi connectivity index (χ1n) is 7.24. The molecule has 0 aliphatic heterocycles. The third-order valence-electron chi connectivity index (χ3n) is 3.87. The summed E-state index contributed by atoms with van der Waals surface area (Å²) < 4.78 is 0. The summed E-state index contributed by atoms with van der Waals surface area (Å²) in [6.07, 6.45) is 10.4. The van der Waals surface area contributed by atoms with Crippen molar-refractivity contribution in [2.24, 2.45) is 0 Å². The van der Waals surface area contributed by atoms with Gasteiger partial charge in [-0.25, -0.2) is 0 Å². The molecule has 1 heterocycles. The van der Waals surface area contributed by atoms with Crippen molar-refractivity contribution in [1.82, 2.24) is 4.98 Å². The van der Waals surface area contributed by atoms with Crippen molar-refractivity contribution in [3.05, 3.63) is 82.2 Å². The van der Waals surface area contributed by atoms with E-state index in [0.717, 1.165) is 30.4 Å². The Bertz CT molecular complexity index is 783. The van der Waals surface area contributed by atoms with Gasteiger partial charge in [-0.3, -0.25) is 4.98 Å². The van der Waals surface area contributed by atoms with Crippen LogP contribution >= 0.6 is 11.6 Å². The van der Waals surface area contributed by atoms with E-state index in [0.29, 0.717) is 10.6 Å². The van der Waals surface area contributed by atoms with Crippen LogP contribution in [-0.2, 0) is 6.42 Å². The van der Waals surface area contributed by atoms with Crippen LogP contribution in [0.5, 0.6) is 0 Å². The molecule has 0 bridgehead atoms. The molecule has 2 nitrogen and oxygen atoms in total. The fraction of sp³-hybridized carbons (Fsp3) is 0.158. The molecular weight excluding hydrogens is 292 g/mol. The Morgan fingerprint density at radius 1 is 1.09 bits per heavy atom. The number of rotatable bonds is 3. The van der Waals surface area contributed by atoms with Gasteiger partial charge >= 0.3 is 0 Å². The second kappa shape index (κ2) is 6.60. The second-order valence-corrected chi connectivity index (χ2v) is 5.74. The largest absolute Gasteiger partial charge is 0.262 e. The van der Waals surface area contributed by atoms with Crippen LogP contribution in [0, 0.1) is 11.3 Å². The lowest BCUT2D eigenvalue weighted by Crippen LogP contribution is -1.99. The highest BCUT2D eigenvalue weighted by atomic mass is 35.5. The van der Waals surface area contributed by atoms with Gasteiger partial charge in [0.05, 0.1) is 10.6 Å². The van der Waals surface area contributed by atoms with Gasteiger partial charge in [0.25, 0.3) is 0 Å². The number of nitriles is 1. The van der Waals surface area contributed by atoms with Gasteiger partial charge < -0.3 is 0 Å². The number of pyridine rings is 1. The normalized spacial score (nSPS) is 14.0. The zero-order valence-electron chi connectivity index (χ0n) is 12.1. The van der Waals surface area contributed by atoms with Crippen LogP contribution in [0.4, 0.5) is 0 Å². The highest BCUT2D eigenvalue weighted by molar-refractivity contribution is 6.31. The fourth-order valence-electron chi connectivity index (χ4n) is 2.70. The molecule has 0 saturated heterocycles. The molecule has 0 fully saturated rings. The molecule has 22 heavy (non-hydrogen) atoms. The van der Waals surface area contributed by atoms with Gasteiger partial charge in [0.15, 0.2) is 0 Å². The molecule has 0 unspecified atom stereocenters. The molecular formula is C19H15ClN2. The average molecular weight is 307 g/mol. The minimum Gasteiger partial charge on any atom is -0.262 e. The maximum atomic E-state index is 9.27. The minimum absolute atomic E-state index is 0.417. The summed E-state index contributed by atoms with van der Waals surface area (Å²) in [6, 6.07) is 12.6. The van der Waals surface area contributed by atoms with Crippen molar-refractivity contribution in [2.75, 3.05) is 0 Å². The van der Waals surface area contributed by atoms with E-state index >= 15 is 0 Å². The Morgan fingerprint density at radius 2 is 1.91 bits per heavy atom. The van der Waals surface area contributed by atoms with E-state index in [9.17, 15) is 5.26 Å². The first-order chi connectivity index (χ1) is 10.8. The van der Waals surface area contributed by atoms with Gasteiger partial charge in [-0.15, -0.1) is 0 Å². The monoisotopic (exact) mass is 306 g/mol. The van der Waals surface area contributed by atoms with E-state index in [1.807, 2.05) is 6.07 Å². The van der Waals surface area contributed by atoms with Crippen molar-refractivity contribution in [2.45, 2.75) is 19.3 Å². The van der Waals surface area contributed by atoms with Crippen molar-refractivity contribution in [3.63, 3.8) is 0 Å². The zero-order chi connectivity index (χ0) is 15.4. The lowest BCUT2D eigenvalue weighted by molar-refractivity contribution is 0.922. The van der Waals surface area contributed by atoms with Gasteiger partial charge in [0.2, 0.25) is 0 Å². The van der Waals surface area contributed by atoms with E-state index < -0.39 is 0 Å². The Morgan fingerprint density at radius 3 is 2.59 bits per heavy atom. The molecule has 0 spiro atoms. The van der Waals surface area contributed by atoms with Crippen LogP contribution in [0.25, 0.3) is 5.57 Å². The van der Waals surface area contributed by atoms with Crippen LogP contribution < -0.4 is 0 Å². The number of aromatic nitrogens is 1. The second-order valence-electron chi connectivity index (χ2n) is 5.33. The molecule has 1 aliphatic rings. The van der Waals surface area contributed by atoms with Crippen LogP contribution in [0.15, 0.2) is 60.5 Å². The van der Waals surface area contributed by atoms with Crippen molar-refractivity contribution in [1.29, 1.82) is 5.26 Å². The van der Waals surface area contributed by atoms with Crippen molar-refractivity contribution in [3.8, 4) is 6.07 Å². The zero-order valence-corrected chi connectivity index (χ0v) is 12.8. The van der Waals surface area contributed by atoms with E-state index in [2.05, 4.69) is 47.5 Å². The summed E-state index contributed by atoms with van der Waals surface area (Å²) in [7, 11) is 0. The van der Waals surface area contributed by atoms with E-state index in [-0.39, 0.29) is 0 Å². The molecule has 108 valence electrons. The topological polar surface area (TPSA) is 36.7 Å². The fourth-order valence-corrected chi connectivity index (χ4v) is 2.90. The van der Waals surface area contributed by atoms with Crippen LogP contribution in [0.1, 0.15) is 29.5 Å². The van der Waals surface area contributed by atoms with Crippen LogP contribution in [0.3, 0.4) is 0 Å². The predicted octanol–water partition coefficient (Wildman–Crippen LogP) is 4.95. The molecule has 2 aromatic rings. The lowest BCUT2D eigenvalue weighted by Gasteiger charge is -2.16. The van der Waals surface area contributed by atoms with Gasteiger partial charge in [0.1, 0.15) is 6.07 Å². The Labute approximate surface area is 135 Å². The third-order valence-corrected chi connectivity index (χ3v) is 4.15. The highest BCUT2D eigenvalue weighted by Gasteiger charge is 2.14. The van der Waals surface area contributed by atoms with Gasteiger partial charge in [-0.2, -0.15) is 5.26 Å².